The number of hydrogen-bond acceptors (Lipinski definition) is 4. The van der Waals surface area contributed by atoms with Gasteiger partial charge in [-0.3, -0.25) is 9.54 Å². The van der Waals surface area contributed by atoms with Crippen molar-refractivity contribution in [3.63, 3.8) is 0 Å². The third-order valence-electron chi connectivity index (χ3n) is 4.26. The van der Waals surface area contributed by atoms with Crippen LogP contribution in [0.5, 0.6) is 0 Å². The van der Waals surface area contributed by atoms with E-state index in [1.807, 2.05) is 0 Å². The van der Waals surface area contributed by atoms with Gasteiger partial charge in [0, 0.05) is 31.4 Å². The first-order chi connectivity index (χ1) is 11.9. The predicted octanol–water partition coefficient (Wildman–Crippen LogP) is 3.35. The smallest absolute Gasteiger partial charge is 0.310 e. The van der Waals surface area contributed by atoms with Crippen molar-refractivity contribution >= 4 is 20.5 Å². The van der Waals surface area contributed by atoms with Crippen LogP contribution in [0, 0.1) is 0 Å². The number of aromatic nitrogens is 4. The van der Waals surface area contributed by atoms with E-state index in [1.165, 1.54) is 29.2 Å². The minimum Gasteiger partial charge on any atom is -0.310 e. The van der Waals surface area contributed by atoms with Gasteiger partial charge in [0.05, 0.1) is 10.5 Å². The average molecular weight is 386 g/mol. The molecule has 10 heteroatoms. The summed E-state index contributed by atoms with van der Waals surface area (Å²) in [6.45, 7) is 1.58. The Hall–Kier alpha value is -2.33. The van der Waals surface area contributed by atoms with Crippen LogP contribution in [0.1, 0.15) is 12.5 Å². The minimum absolute atomic E-state index is 0.0306. The van der Waals surface area contributed by atoms with Crippen LogP contribution in [0.4, 0.5) is 13.2 Å². The van der Waals surface area contributed by atoms with E-state index >= 15 is 0 Å². The van der Waals surface area contributed by atoms with Crippen molar-refractivity contribution in [1.29, 1.82) is 0 Å². The minimum atomic E-state index is -4.54. The summed E-state index contributed by atoms with van der Waals surface area (Å²) >= 11 is 0. The van der Waals surface area contributed by atoms with Crippen LogP contribution in [0.3, 0.4) is 0 Å². The van der Waals surface area contributed by atoms with Crippen molar-refractivity contribution in [2.45, 2.75) is 18.0 Å². The lowest BCUT2D eigenvalue weighted by Gasteiger charge is -2.38. The summed E-state index contributed by atoms with van der Waals surface area (Å²) < 4.78 is 63.8. The zero-order chi connectivity index (χ0) is 19.4. The van der Waals surface area contributed by atoms with E-state index in [4.69, 9.17) is 0 Å². The largest absolute Gasteiger partial charge is 0.417 e. The van der Waals surface area contributed by atoms with E-state index in [-0.39, 0.29) is 33.3 Å². The highest BCUT2D eigenvalue weighted by Crippen LogP contribution is 2.37. The number of alkyl halides is 3. The first kappa shape index (κ1) is 18.5. The Bertz CT molecular complexity index is 1070. The second kappa shape index (κ2) is 5.58. The molecule has 0 saturated heterocycles. The predicted molar refractivity (Wildman–Crippen MR) is 92.2 cm³/mol. The molecule has 140 valence electrons. The molecular weight excluding hydrogens is 369 g/mol. The number of hydrogen-bond donors (Lipinski definition) is 1. The number of aryl methyl sites for hydroxylation is 1. The average Bonchev–Trinajstić information content (AvgIpc) is 2.90. The van der Waals surface area contributed by atoms with Gasteiger partial charge >= 0.3 is 6.18 Å². The van der Waals surface area contributed by atoms with Crippen LogP contribution in [-0.4, -0.2) is 40.3 Å². The standard InChI is InChI=1S/C16H17F3N4O2S/c1-4-26(3,24,25)12-6-5-7-20-13(12)15-22-11-8-10(16(17,18)19)9-21-14(11)23(15)2/h5-9H,4H2,1-3H3,(H,24,25). The maximum atomic E-state index is 13.0. The van der Waals surface area contributed by atoms with Crippen molar-refractivity contribution < 1.29 is 21.9 Å². The summed E-state index contributed by atoms with van der Waals surface area (Å²) in [6.07, 6.45) is -1.13. The highest BCUT2D eigenvalue weighted by Gasteiger charge is 2.32. The van der Waals surface area contributed by atoms with E-state index in [2.05, 4.69) is 15.0 Å². The molecule has 0 radical (unpaired) electrons. The van der Waals surface area contributed by atoms with Crippen molar-refractivity contribution in [2.24, 2.45) is 7.05 Å². The maximum Gasteiger partial charge on any atom is 0.417 e. The Morgan fingerprint density at radius 1 is 1.31 bits per heavy atom. The second-order valence-electron chi connectivity index (χ2n) is 6.18. The highest BCUT2D eigenvalue weighted by atomic mass is 32.3. The van der Waals surface area contributed by atoms with Crippen LogP contribution in [0.2, 0.25) is 0 Å². The van der Waals surface area contributed by atoms with E-state index in [1.54, 1.807) is 14.0 Å². The Kier molecular flexibility index (Phi) is 3.96. The molecule has 6 nitrogen and oxygen atoms in total. The lowest BCUT2D eigenvalue weighted by Crippen LogP contribution is -2.34. The number of imidazole rings is 1. The number of pyridine rings is 2. The maximum absolute atomic E-state index is 13.0. The van der Waals surface area contributed by atoms with Crippen LogP contribution in [0.25, 0.3) is 22.7 Å². The van der Waals surface area contributed by atoms with E-state index in [0.717, 1.165) is 12.3 Å². The Morgan fingerprint density at radius 3 is 2.62 bits per heavy atom. The number of nitrogens with zero attached hydrogens (tertiary/aromatic N) is 4. The monoisotopic (exact) mass is 386 g/mol. The van der Waals surface area contributed by atoms with Crippen molar-refractivity contribution in [2.75, 3.05) is 12.0 Å². The molecule has 0 atom stereocenters. The molecule has 3 heterocycles. The summed E-state index contributed by atoms with van der Waals surface area (Å²) in [5.41, 5.74) is -0.517. The van der Waals surface area contributed by atoms with Crippen LogP contribution < -0.4 is 0 Å². The molecule has 3 aromatic heterocycles. The molecule has 0 aliphatic carbocycles. The van der Waals surface area contributed by atoms with Gasteiger partial charge in [-0.1, -0.05) is 0 Å². The molecular formula is C16H17F3N4O2S. The SMILES string of the molecule is CCS(C)(=O)(O)c1cccnc1-c1nc2cc(C(F)(F)F)cnc2n1C. The molecule has 0 unspecified atom stereocenters. The molecule has 3 rings (SSSR count). The molecule has 1 N–H and O–H groups in total. The molecule has 0 aliphatic heterocycles. The molecule has 0 saturated carbocycles. The van der Waals surface area contributed by atoms with E-state index in [0.29, 0.717) is 0 Å². The van der Waals surface area contributed by atoms with E-state index in [9.17, 15) is 21.9 Å². The van der Waals surface area contributed by atoms with Gasteiger partial charge in [0.2, 0.25) is 0 Å². The van der Waals surface area contributed by atoms with Crippen molar-refractivity contribution in [3.8, 4) is 11.5 Å². The zero-order valence-electron chi connectivity index (χ0n) is 14.3. The second-order valence-corrected chi connectivity index (χ2v) is 10.2. The molecule has 0 aromatic carbocycles. The van der Waals surface area contributed by atoms with Gasteiger partial charge in [-0.2, -0.15) is 22.5 Å². The Labute approximate surface area is 147 Å². The summed E-state index contributed by atoms with van der Waals surface area (Å²) in [7, 11) is -2.60. The van der Waals surface area contributed by atoms with Crippen molar-refractivity contribution in [1.82, 2.24) is 19.5 Å². The molecule has 26 heavy (non-hydrogen) atoms. The van der Waals surface area contributed by atoms with Gasteiger partial charge in [0.25, 0.3) is 0 Å². The van der Waals surface area contributed by atoms with Crippen LogP contribution in [-0.2, 0) is 22.6 Å². The number of rotatable bonds is 3. The third-order valence-corrected chi connectivity index (χ3v) is 7.08. The molecule has 0 bridgehead atoms. The summed E-state index contributed by atoms with van der Waals surface area (Å²) in [5.74, 6) is 0.140. The molecule has 3 aromatic rings. The normalized spacial score (nSPS) is 14.3. The molecule has 0 amide bonds. The van der Waals surface area contributed by atoms with Gasteiger partial charge in [-0.15, -0.1) is 0 Å². The number of halogens is 3. The third kappa shape index (κ3) is 2.99. The van der Waals surface area contributed by atoms with Gasteiger partial charge < -0.3 is 4.57 Å². The topological polar surface area (TPSA) is 80.9 Å². The fourth-order valence-corrected chi connectivity index (χ4v) is 3.96. The highest BCUT2D eigenvalue weighted by molar-refractivity contribution is 8.14. The molecule has 0 fully saturated rings. The zero-order valence-corrected chi connectivity index (χ0v) is 15.1. The quantitative estimate of drug-likeness (QED) is 0.747. The Balaban J connectivity index is 2.28. The van der Waals surface area contributed by atoms with Gasteiger partial charge in [0.15, 0.2) is 11.5 Å². The molecule has 0 aliphatic rings. The lowest BCUT2D eigenvalue weighted by atomic mass is 10.2. The van der Waals surface area contributed by atoms with Crippen LogP contribution >= 0.6 is 0 Å². The van der Waals surface area contributed by atoms with Crippen LogP contribution in [0.15, 0.2) is 35.5 Å². The number of fused-ring (bicyclic) bond motifs is 1. The van der Waals surface area contributed by atoms with Gasteiger partial charge in [-0.25, -0.2) is 14.2 Å². The van der Waals surface area contributed by atoms with E-state index < -0.39 is 21.1 Å². The Morgan fingerprint density at radius 2 is 2.00 bits per heavy atom. The summed E-state index contributed by atoms with van der Waals surface area (Å²) in [5, 5.41) is 0. The summed E-state index contributed by atoms with van der Waals surface area (Å²) in [6, 6.07) is 3.91. The first-order valence-corrected chi connectivity index (χ1v) is 10.2. The fraction of sp³-hybridized carbons (Fsp3) is 0.312. The fourth-order valence-electron chi connectivity index (χ4n) is 2.58. The van der Waals surface area contributed by atoms with Gasteiger partial charge in [-0.05, 0) is 25.1 Å². The van der Waals surface area contributed by atoms with Gasteiger partial charge in [0.1, 0.15) is 11.2 Å². The lowest BCUT2D eigenvalue weighted by molar-refractivity contribution is -0.137. The van der Waals surface area contributed by atoms with Crippen molar-refractivity contribution in [3.05, 3.63) is 36.2 Å². The summed E-state index contributed by atoms with van der Waals surface area (Å²) in [4.78, 5) is 12.3. The molecule has 0 spiro atoms. The first-order valence-electron chi connectivity index (χ1n) is 7.65.